The average molecular weight is 531 g/mol. The van der Waals surface area contributed by atoms with Crippen LogP contribution in [0.2, 0.25) is 0 Å². The van der Waals surface area contributed by atoms with E-state index in [0.29, 0.717) is 5.57 Å². The summed E-state index contributed by atoms with van der Waals surface area (Å²) in [7, 11) is 18.6. The Labute approximate surface area is 226 Å². The lowest BCUT2D eigenvalue weighted by Crippen LogP contribution is -2.45. The molecule has 0 saturated heterocycles. The molecule has 0 aromatic rings. The summed E-state index contributed by atoms with van der Waals surface area (Å²) < 4.78 is 10.8. The molecule has 0 heterocycles. The van der Waals surface area contributed by atoms with Crippen LogP contribution < -0.4 is 5.32 Å². The number of hydrogen-bond acceptors (Lipinski definition) is 5. The van der Waals surface area contributed by atoms with Gasteiger partial charge in [0.05, 0.1) is 27.2 Å². The fraction of sp³-hybridized carbons (Fsp3) is 0.893. The molecule has 1 N–H and O–H groups in total. The van der Waals surface area contributed by atoms with Crippen LogP contribution in [0.15, 0.2) is 12.2 Å². The summed E-state index contributed by atoms with van der Waals surface area (Å²) in [6.45, 7) is 9.66. The van der Waals surface area contributed by atoms with Gasteiger partial charge in [0.25, 0.3) is 0 Å². The lowest BCUT2D eigenvalue weighted by atomic mass is 10.1. The van der Waals surface area contributed by atoms with E-state index in [9.17, 15) is 4.79 Å². The van der Waals surface area contributed by atoms with E-state index in [-0.39, 0.29) is 5.91 Å². The number of quaternary nitrogens is 1. The number of unbranched alkanes of at least 4 members (excludes halogenated alkanes) is 9. The van der Waals surface area contributed by atoms with Gasteiger partial charge in [-0.15, -0.1) is 18.7 Å². The largest absolute Gasteiger partial charge is 0.352 e. The minimum Gasteiger partial charge on any atom is -0.352 e. The Bertz CT molecular complexity index is 587. The van der Waals surface area contributed by atoms with Crippen LogP contribution >= 0.6 is 7.87 Å². The number of carbonyl (C=O) groups excluding carboxylic acids is 1. The topological polar surface area (TPSA) is 42.1 Å². The molecule has 0 rings (SSSR count). The molecule has 0 unspecified atom stereocenters. The van der Waals surface area contributed by atoms with Crippen molar-refractivity contribution in [1.82, 2.24) is 24.0 Å². The van der Waals surface area contributed by atoms with E-state index in [1.807, 2.05) is 0 Å². The van der Waals surface area contributed by atoms with E-state index in [0.717, 1.165) is 30.5 Å². The second-order valence-corrected chi connectivity index (χ2v) is 15.9. The summed E-state index contributed by atoms with van der Waals surface area (Å²) in [5, 5.41) is 2.93. The van der Waals surface area contributed by atoms with Crippen LogP contribution in [0.25, 0.3) is 0 Å². The summed E-state index contributed by atoms with van der Waals surface area (Å²) >= 11 is 0. The van der Waals surface area contributed by atoms with Crippen LogP contribution in [0.5, 0.6) is 0 Å². The number of amides is 1. The normalized spacial score (nSPS) is 12.8. The first-order valence-corrected chi connectivity index (χ1v) is 15.8. The van der Waals surface area contributed by atoms with E-state index in [1.165, 1.54) is 70.8 Å². The Balaban J connectivity index is 3.82. The third kappa shape index (κ3) is 13.3. The molecule has 0 radical (unpaired) electrons. The van der Waals surface area contributed by atoms with Crippen molar-refractivity contribution in [2.75, 3.05) is 89.6 Å². The van der Waals surface area contributed by atoms with Crippen molar-refractivity contribution >= 4 is 13.8 Å². The summed E-state index contributed by atoms with van der Waals surface area (Å²) in [6, 6.07) is 0. The molecule has 0 aliphatic rings. The molecule has 214 valence electrons. The molecule has 0 aliphatic carbocycles. The first kappa shape index (κ1) is 35.4. The number of rotatable bonds is 22. The van der Waals surface area contributed by atoms with Crippen molar-refractivity contribution < 1.29 is 9.28 Å². The smallest absolute Gasteiger partial charge is 0.306 e. The fourth-order valence-electron chi connectivity index (χ4n) is 5.39. The summed E-state index contributed by atoms with van der Waals surface area (Å²) in [5.41, 5.74) is 0.588. The highest BCUT2D eigenvalue weighted by Gasteiger charge is 2.52. The molecule has 0 spiro atoms. The second-order valence-electron chi connectivity index (χ2n) is 11.8. The third-order valence-electron chi connectivity index (χ3n) is 7.18. The van der Waals surface area contributed by atoms with Crippen LogP contribution in [0, 0.1) is 0 Å². The van der Waals surface area contributed by atoms with Gasteiger partial charge >= 0.3 is 7.87 Å². The lowest BCUT2D eigenvalue weighted by Gasteiger charge is -2.44. The number of hydrogen-bond donors (Lipinski definition) is 1. The molecule has 36 heavy (non-hydrogen) atoms. The van der Waals surface area contributed by atoms with Crippen LogP contribution in [-0.2, 0) is 4.79 Å². The predicted octanol–water partition coefficient (Wildman–Crippen LogP) is 5.34. The van der Waals surface area contributed by atoms with Gasteiger partial charge in [0, 0.05) is 74.4 Å². The molecule has 0 aromatic heterocycles. The van der Waals surface area contributed by atoms with E-state index < -0.39 is 7.87 Å². The lowest BCUT2D eigenvalue weighted by molar-refractivity contribution is -0.890. The second kappa shape index (κ2) is 18.7. The van der Waals surface area contributed by atoms with Gasteiger partial charge in [-0.3, -0.25) is 4.79 Å². The van der Waals surface area contributed by atoms with Gasteiger partial charge in [0.2, 0.25) is 5.91 Å². The minimum absolute atomic E-state index is 0.0230. The van der Waals surface area contributed by atoms with Gasteiger partial charge in [0.1, 0.15) is 0 Å². The Kier molecular flexibility index (Phi) is 18.4. The Morgan fingerprint density at radius 3 is 1.50 bits per heavy atom. The van der Waals surface area contributed by atoms with Gasteiger partial charge in [-0.05, 0) is 26.2 Å². The molecule has 0 bridgehead atoms. The van der Waals surface area contributed by atoms with Crippen molar-refractivity contribution in [2.45, 2.75) is 77.6 Å². The molecule has 0 saturated carbocycles. The first-order chi connectivity index (χ1) is 16.8. The van der Waals surface area contributed by atoms with Gasteiger partial charge in [-0.1, -0.05) is 51.5 Å². The molecule has 7 nitrogen and oxygen atoms in total. The number of carbonyl (C=O) groups is 1. The molecule has 0 atom stereocenters. The molecular weight excluding hydrogens is 467 g/mol. The van der Waals surface area contributed by atoms with Crippen molar-refractivity contribution in [3.8, 4) is 0 Å². The quantitative estimate of drug-likeness (QED) is 0.0886. The summed E-state index contributed by atoms with van der Waals surface area (Å²) in [5.74, 6) is -0.0230. The highest BCUT2D eigenvalue weighted by atomic mass is 31.2. The predicted molar refractivity (Wildman–Crippen MR) is 161 cm³/mol. The summed E-state index contributed by atoms with van der Waals surface area (Å²) in [6.07, 6.45) is 14.5. The molecular formula is C28H63N6OP+2. The highest BCUT2D eigenvalue weighted by Crippen LogP contribution is 2.65. The van der Waals surface area contributed by atoms with Crippen LogP contribution in [0.3, 0.4) is 0 Å². The maximum absolute atomic E-state index is 11.5. The zero-order valence-electron chi connectivity index (χ0n) is 25.9. The van der Waals surface area contributed by atoms with Crippen LogP contribution in [0.4, 0.5) is 0 Å². The van der Waals surface area contributed by atoms with Crippen LogP contribution in [0.1, 0.15) is 77.6 Å². The van der Waals surface area contributed by atoms with E-state index in [2.05, 4.69) is 94.0 Å². The van der Waals surface area contributed by atoms with Crippen molar-refractivity contribution in [3.63, 3.8) is 0 Å². The van der Waals surface area contributed by atoms with E-state index in [1.54, 1.807) is 6.92 Å². The van der Waals surface area contributed by atoms with Crippen molar-refractivity contribution in [1.29, 1.82) is 0 Å². The monoisotopic (exact) mass is 530 g/mol. The third-order valence-corrected chi connectivity index (χ3v) is 11.5. The zero-order valence-corrected chi connectivity index (χ0v) is 26.8. The van der Waals surface area contributed by atoms with Crippen molar-refractivity contribution in [3.05, 3.63) is 12.2 Å². The highest BCUT2D eigenvalue weighted by molar-refractivity contribution is 7.66. The van der Waals surface area contributed by atoms with Gasteiger partial charge in [-0.25, -0.2) is 0 Å². The molecule has 1 amide bonds. The maximum Gasteiger partial charge on any atom is 0.306 e. The molecule has 0 fully saturated rings. The average Bonchev–Trinajstić information content (AvgIpc) is 2.76. The number of nitrogens with one attached hydrogen (secondary N) is 1. The van der Waals surface area contributed by atoms with Gasteiger partial charge in [-0.2, -0.15) is 0 Å². The maximum atomic E-state index is 11.5. The molecule has 0 aliphatic heterocycles. The SMILES string of the molecule is C=C(C)C(=O)NCCC[N+](C)(C)CCCCCCCCCCCCN(C)[P+](N(C)C)(N(C)C)N(C)C. The minimum atomic E-state index is -1.59. The van der Waals surface area contributed by atoms with Crippen LogP contribution in [-0.4, -0.2) is 119 Å². The van der Waals surface area contributed by atoms with E-state index in [4.69, 9.17) is 0 Å². The zero-order chi connectivity index (χ0) is 27.8. The fourth-order valence-corrected chi connectivity index (χ4v) is 9.78. The standard InChI is InChI=1S/C28H62N6OP/c1-27(2)28(35)29-23-22-26-34(10,11)25-21-19-17-15-13-12-14-16-18-20-24-33(9)36(30(3)4,31(5)6)32(7)8/h1,12-26H2,2-11H3/q+1/p+1. The van der Waals surface area contributed by atoms with Gasteiger partial charge < -0.3 is 9.80 Å². The molecule has 8 heteroatoms. The Morgan fingerprint density at radius 2 is 1.08 bits per heavy atom. The summed E-state index contributed by atoms with van der Waals surface area (Å²) in [4.78, 5) is 11.5. The van der Waals surface area contributed by atoms with Gasteiger partial charge in [0.15, 0.2) is 0 Å². The van der Waals surface area contributed by atoms with Crippen molar-refractivity contribution in [2.24, 2.45) is 0 Å². The Hall–Kier alpha value is -0.560. The number of nitrogens with zero attached hydrogens (tertiary/aromatic N) is 5. The molecule has 0 aromatic carbocycles. The first-order valence-electron chi connectivity index (χ1n) is 14.2. The Morgan fingerprint density at radius 1 is 0.694 bits per heavy atom. The van der Waals surface area contributed by atoms with E-state index >= 15 is 0 Å².